The molecule has 2 rings (SSSR count). The highest BCUT2D eigenvalue weighted by Gasteiger charge is 2.22. The Morgan fingerprint density at radius 2 is 2.59 bits per heavy atom. The van der Waals surface area contributed by atoms with Gasteiger partial charge in [-0.3, -0.25) is 9.69 Å². The summed E-state index contributed by atoms with van der Waals surface area (Å²) in [6.07, 6.45) is 0.398. The molecule has 0 unspecified atom stereocenters. The van der Waals surface area contributed by atoms with Gasteiger partial charge in [0.15, 0.2) is 0 Å². The number of amides is 1. The zero-order valence-corrected chi connectivity index (χ0v) is 10.0. The van der Waals surface area contributed by atoms with Crippen LogP contribution in [-0.2, 0) is 4.79 Å². The van der Waals surface area contributed by atoms with Crippen molar-refractivity contribution in [2.24, 2.45) is 0 Å². The molecule has 1 atom stereocenters. The van der Waals surface area contributed by atoms with Crippen LogP contribution in [0, 0.1) is 11.3 Å². The number of likely N-dealkylation sites (tertiary alicyclic amines) is 1. The molecule has 0 aliphatic carbocycles. The number of β-amino-alcohol motifs (C(OH)–C–C–N with tert-alkyl or cyclic N) is 1. The molecule has 1 saturated heterocycles. The summed E-state index contributed by atoms with van der Waals surface area (Å²) >= 11 is 1.34. The molecule has 1 aliphatic rings. The average Bonchev–Trinajstić information content (AvgIpc) is 2.87. The Bertz CT molecular complexity index is 452. The Kier molecular flexibility index (Phi) is 3.74. The molecule has 6 heteroatoms. The maximum absolute atomic E-state index is 11.7. The minimum atomic E-state index is -0.320. The van der Waals surface area contributed by atoms with Gasteiger partial charge in [-0.2, -0.15) is 5.26 Å². The van der Waals surface area contributed by atoms with Crippen molar-refractivity contribution in [2.75, 3.05) is 25.0 Å². The van der Waals surface area contributed by atoms with Gasteiger partial charge in [0, 0.05) is 13.1 Å². The quantitative estimate of drug-likeness (QED) is 0.826. The first-order valence-electron chi connectivity index (χ1n) is 5.37. The highest BCUT2D eigenvalue weighted by molar-refractivity contribution is 7.14. The van der Waals surface area contributed by atoms with Gasteiger partial charge in [0.25, 0.3) is 0 Å². The largest absolute Gasteiger partial charge is 0.392 e. The number of hydrogen-bond donors (Lipinski definition) is 2. The lowest BCUT2D eigenvalue weighted by molar-refractivity contribution is -0.117. The van der Waals surface area contributed by atoms with Crippen LogP contribution in [0.4, 0.5) is 5.00 Å². The highest BCUT2D eigenvalue weighted by Crippen LogP contribution is 2.22. The summed E-state index contributed by atoms with van der Waals surface area (Å²) < 4.78 is 0. The van der Waals surface area contributed by atoms with Crippen molar-refractivity contribution in [1.82, 2.24) is 4.90 Å². The van der Waals surface area contributed by atoms with Crippen LogP contribution in [0.1, 0.15) is 12.0 Å². The molecule has 5 nitrogen and oxygen atoms in total. The summed E-state index contributed by atoms with van der Waals surface area (Å²) in [5, 5.41) is 23.2. The Morgan fingerprint density at radius 3 is 3.24 bits per heavy atom. The maximum atomic E-state index is 11.7. The van der Waals surface area contributed by atoms with Gasteiger partial charge in [-0.1, -0.05) is 0 Å². The number of rotatable bonds is 3. The molecule has 0 radical (unpaired) electrons. The number of nitrogens with one attached hydrogen (secondary N) is 1. The van der Waals surface area contributed by atoms with Crippen LogP contribution in [-0.4, -0.2) is 41.7 Å². The third-order valence-electron chi connectivity index (χ3n) is 2.65. The molecule has 1 aromatic rings. The van der Waals surface area contributed by atoms with Crippen LogP contribution in [0.25, 0.3) is 0 Å². The summed E-state index contributed by atoms with van der Waals surface area (Å²) in [5.74, 6) is -0.141. The fourth-order valence-corrected chi connectivity index (χ4v) is 2.57. The fourth-order valence-electron chi connectivity index (χ4n) is 1.82. The van der Waals surface area contributed by atoms with Crippen molar-refractivity contribution >= 4 is 22.2 Å². The van der Waals surface area contributed by atoms with E-state index in [1.807, 2.05) is 11.0 Å². The molecule has 1 aliphatic heterocycles. The number of aliphatic hydroxyl groups is 1. The molecule has 0 bridgehead atoms. The van der Waals surface area contributed by atoms with Gasteiger partial charge in [0.2, 0.25) is 5.91 Å². The minimum absolute atomic E-state index is 0.141. The second-order valence-electron chi connectivity index (χ2n) is 4.00. The molecule has 90 valence electrons. The van der Waals surface area contributed by atoms with Gasteiger partial charge < -0.3 is 10.4 Å². The van der Waals surface area contributed by atoms with E-state index >= 15 is 0 Å². The van der Waals surface area contributed by atoms with Crippen molar-refractivity contribution in [1.29, 1.82) is 5.26 Å². The van der Waals surface area contributed by atoms with Crippen LogP contribution in [0.3, 0.4) is 0 Å². The predicted octanol–water partition coefficient (Wildman–Crippen LogP) is 0.625. The monoisotopic (exact) mass is 251 g/mol. The van der Waals surface area contributed by atoms with Crippen LogP contribution < -0.4 is 5.32 Å². The summed E-state index contributed by atoms with van der Waals surface area (Å²) in [4.78, 5) is 13.6. The molecule has 1 amide bonds. The van der Waals surface area contributed by atoms with Gasteiger partial charge in [0.1, 0.15) is 11.1 Å². The fraction of sp³-hybridized carbons (Fsp3) is 0.455. The second kappa shape index (κ2) is 5.27. The second-order valence-corrected chi connectivity index (χ2v) is 4.92. The van der Waals surface area contributed by atoms with Gasteiger partial charge in [-0.05, 0) is 17.9 Å². The van der Waals surface area contributed by atoms with E-state index in [0.717, 1.165) is 13.0 Å². The van der Waals surface area contributed by atoms with E-state index in [0.29, 0.717) is 17.1 Å². The highest BCUT2D eigenvalue weighted by atomic mass is 32.1. The van der Waals surface area contributed by atoms with Crippen molar-refractivity contribution in [3.63, 3.8) is 0 Å². The third-order valence-corrected chi connectivity index (χ3v) is 3.48. The molecule has 0 aromatic carbocycles. The summed E-state index contributed by atoms with van der Waals surface area (Å²) in [5.41, 5.74) is 0.491. The Morgan fingerprint density at radius 1 is 1.76 bits per heavy atom. The van der Waals surface area contributed by atoms with Crippen LogP contribution >= 0.6 is 11.3 Å². The molecular formula is C11H13N3O2S. The minimum Gasteiger partial charge on any atom is -0.392 e. The van der Waals surface area contributed by atoms with Gasteiger partial charge in [-0.15, -0.1) is 11.3 Å². The summed E-state index contributed by atoms with van der Waals surface area (Å²) in [6.45, 7) is 1.55. The zero-order chi connectivity index (χ0) is 12.3. The lowest BCUT2D eigenvalue weighted by Gasteiger charge is -2.13. The number of nitriles is 1. The molecular weight excluding hydrogens is 238 g/mol. The van der Waals surface area contributed by atoms with Crippen LogP contribution in [0.5, 0.6) is 0 Å². The Balaban J connectivity index is 1.88. The first-order chi connectivity index (χ1) is 8.19. The van der Waals surface area contributed by atoms with E-state index in [1.165, 1.54) is 11.3 Å². The lowest BCUT2D eigenvalue weighted by atomic mass is 10.3. The average molecular weight is 251 g/mol. The van der Waals surface area contributed by atoms with Crippen molar-refractivity contribution in [3.05, 3.63) is 17.0 Å². The molecule has 17 heavy (non-hydrogen) atoms. The molecule has 1 aromatic heterocycles. The van der Waals surface area contributed by atoms with E-state index in [2.05, 4.69) is 5.32 Å². The number of hydrogen-bond acceptors (Lipinski definition) is 5. The number of nitrogens with zero attached hydrogens (tertiary/aromatic N) is 2. The van der Waals surface area contributed by atoms with Gasteiger partial charge in [0.05, 0.1) is 18.2 Å². The number of carbonyl (C=O) groups is 1. The molecule has 1 fully saturated rings. The SMILES string of the molecule is N#Cc1ccsc1NC(=O)CN1CC[C@H](O)C1. The van der Waals surface area contributed by atoms with E-state index in [9.17, 15) is 9.90 Å². The number of thiophene rings is 1. The first-order valence-corrected chi connectivity index (χ1v) is 6.25. The molecule has 2 heterocycles. The third kappa shape index (κ3) is 3.03. The molecule has 0 saturated carbocycles. The smallest absolute Gasteiger partial charge is 0.239 e. The van der Waals surface area contributed by atoms with E-state index in [1.54, 1.807) is 11.4 Å². The Hall–Kier alpha value is -1.42. The number of aliphatic hydroxyl groups excluding tert-OH is 1. The summed E-state index contributed by atoms with van der Waals surface area (Å²) in [7, 11) is 0. The van der Waals surface area contributed by atoms with Gasteiger partial charge in [-0.25, -0.2) is 0 Å². The topological polar surface area (TPSA) is 76.4 Å². The van der Waals surface area contributed by atoms with E-state index in [-0.39, 0.29) is 18.6 Å². The number of carbonyl (C=O) groups excluding carboxylic acids is 1. The standard InChI is InChI=1S/C11H13N3O2S/c12-5-8-2-4-17-11(8)13-10(16)7-14-3-1-9(15)6-14/h2,4,9,15H,1,3,6-7H2,(H,13,16)/t9-/m0/s1. The number of anilines is 1. The van der Waals surface area contributed by atoms with Crippen molar-refractivity contribution < 1.29 is 9.90 Å². The first kappa shape index (κ1) is 12.0. The lowest BCUT2D eigenvalue weighted by Crippen LogP contribution is -2.32. The zero-order valence-electron chi connectivity index (χ0n) is 9.22. The van der Waals surface area contributed by atoms with Gasteiger partial charge >= 0.3 is 0 Å². The van der Waals surface area contributed by atoms with Crippen LogP contribution in [0.2, 0.25) is 0 Å². The molecule has 2 N–H and O–H groups in total. The van der Waals surface area contributed by atoms with E-state index < -0.39 is 0 Å². The normalized spacial score (nSPS) is 20.1. The van der Waals surface area contributed by atoms with Crippen molar-refractivity contribution in [2.45, 2.75) is 12.5 Å². The molecule has 0 spiro atoms. The van der Waals surface area contributed by atoms with Crippen LogP contribution in [0.15, 0.2) is 11.4 Å². The van der Waals surface area contributed by atoms with E-state index in [4.69, 9.17) is 5.26 Å². The maximum Gasteiger partial charge on any atom is 0.239 e. The van der Waals surface area contributed by atoms with Crippen molar-refractivity contribution in [3.8, 4) is 6.07 Å². The Labute approximate surface area is 103 Å². The predicted molar refractivity (Wildman–Crippen MR) is 64.7 cm³/mol. The summed E-state index contributed by atoms with van der Waals surface area (Å²) in [6, 6.07) is 3.70.